The summed E-state index contributed by atoms with van der Waals surface area (Å²) in [6.45, 7) is 1.52. The fourth-order valence-corrected chi connectivity index (χ4v) is 3.74. The van der Waals surface area contributed by atoms with Gasteiger partial charge in [0.2, 0.25) is 11.8 Å². The predicted molar refractivity (Wildman–Crippen MR) is 114 cm³/mol. The molecule has 2 aromatic rings. The van der Waals surface area contributed by atoms with E-state index in [1.165, 1.54) is 6.07 Å². The molecule has 6 nitrogen and oxygen atoms in total. The van der Waals surface area contributed by atoms with Crippen molar-refractivity contribution in [3.8, 4) is 0 Å². The molecule has 2 amide bonds. The number of benzene rings is 1. The molecule has 2 N–H and O–H groups in total. The summed E-state index contributed by atoms with van der Waals surface area (Å²) in [6, 6.07) is 9.82. The number of nitrogens with one attached hydrogen (secondary N) is 2. The van der Waals surface area contributed by atoms with E-state index in [0.29, 0.717) is 38.3 Å². The zero-order valence-electron chi connectivity index (χ0n) is 17.5. The highest BCUT2D eigenvalue weighted by atomic mass is 19.4. The van der Waals surface area contributed by atoms with E-state index in [1.807, 2.05) is 29.2 Å². The van der Waals surface area contributed by atoms with Crippen LogP contribution in [0.15, 0.2) is 42.6 Å². The molecule has 2 heterocycles. The van der Waals surface area contributed by atoms with Crippen LogP contribution in [0.25, 0.3) is 0 Å². The molecular formula is C23H25F3N4O2. The second kappa shape index (κ2) is 9.18. The lowest BCUT2D eigenvalue weighted by Gasteiger charge is -2.32. The number of aromatic nitrogens is 1. The van der Waals surface area contributed by atoms with E-state index < -0.39 is 11.7 Å². The molecule has 0 atom stereocenters. The van der Waals surface area contributed by atoms with Crippen molar-refractivity contribution in [2.45, 2.75) is 38.4 Å². The van der Waals surface area contributed by atoms with Gasteiger partial charge in [0.05, 0.1) is 5.56 Å². The van der Waals surface area contributed by atoms with Gasteiger partial charge in [-0.15, -0.1) is 0 Å². The minimum Gasteiger partial charge on any atom is -0.357 e. The molecule has 1 saturated heterocycles. The quantitative estimate of drug-likeness (QED) is 0.704. The molecule has 0 radical (unpaired) electrons. The van der Waals surface area contributed by atoms with Crippen molar-refractivity contribution in [1.82, 2.24) is 10.3 Å². The molecule has 4 rings (SSSR count). The number of amides is 2. The van der Waals surface area contributed by atoms with Crippen LogP contribution in [-0.2, 0) is 22.3 Å². The number of pyridine rings is 1. The molecule has 2 fully saturated rings. The van der Waals surface area contributed by atoms with Crippen LogP contribution in [0.1, 0.15) is 36.8 Å². The van der Waals surface area contributed by atoms with Crippen molar-refractivity contribution < 1.29 is 22.8 Å². The Hall–Kier alpha value is -3.10. The molecule has 1 saturated carbocycles. The summed E-state index contributed by atoms with van der Waals surface area (Å²) in [4.78, 5) is 30.2. The maximum absolute atomic E-state index is 12.7. The van der Waals surface area contributed by atoms with Crippen molar-refractivity contribution in [3.05, 3.63) is 53.7 Å². The molecule has 0 unspecified atom stereocenters. The third-order valence-electron chi connectivity index (χ3n) is 5.90. The number of hydrogen-bond acceptors (Lipinski definition) is 4. The number of carbonyl (C=O) groups is 2. The molecule has 1 aliphatic carbocycles. The van der Waals surface area contributed by atoms with Crippen molar-refractivity contribution >= 4 is 23.3 Å². The van der Waals surface area contributed by atoms with Crippen LogP contribution < -0.4 is 15.5 Å². The highest BCUT2D eigenvalue weighted by molar-refractivity contribution is 5.94. The Labute approximate surface area is 184 Å². The van der Waals surface area contributed by atoms with Crippen LogP contribution in [-0.4, -0.2) is 29.9 Å². The number of halogens is 3. The molecule has 1 aliphatic heterocycles. The van der Waals surface area contributed by atoms with E-state index >= 15 is 0 Å². The van der Waals surface area contributed by atoms with Gasteiger partial charge in [-0.05, 0) is 55.5 Å². The van der Waals surface area contributed by atoms with Crippen molar-refractivity contribution in [2.75, 3.05) is 23.3 Å². The lowest BCUT2D eigenvalue weighted by atomic mass is 9.95. The standard InChI is InChI=1S/C23H25F3N4O2/c24-23(25,26)18-5-8-20(27-14-18)30-11-9-17(10-12-30)21(31)28-13-15-1-6-19(7-2-15)29-22(32)16-3-4-16/h1-2,5-8,14,16-17H,3-4,9-13H2,(H,28,31)(H,29,32). The largest absolute Gasteiger partial charge is 0.417 e. The molecule has 0 bridgehead atoms. The first-order valence-corrected chi connectivity index (χ1v) is 10.8. The van der Waals surface area contributed by atoms with Crippen LogP contribution in [0.2, 0.25) is 0 Å². The Morgan fingerprint density at radius 2 is 1.59 bits per heavy atom. The smallest absolute Gasteiger partial charge is 0.357 e. The molecule has 0 spiro atoms. The second-order valence-electron chi connectivity index (χ2n) is 8.34. The lowest BCUT2D eigenvalue weighted by molar-refractivity contribution is -0.137. The monoisotopic (exact) mass is 446 g/mol. The highest BCUT2D eigenvalue weighted by Gasteiger charge is 2.32. The molecule has 1 aromatic heterocycles. The first-order chi connectivity index (χ1) is 15.3. The molecule has 2 aliphatic rings. The zero-order valence-corrected chi connectivity index (χ0v) is 17.5. The zero-order chi connectivity index (χ0) is 22.7. The normalized spacial score (nSPS) is 17.2. The van der Waals surface area contributed by atoms with E-state index in [4.69, 9.17) is 0 Å². The van der Waals surface area contributed by atoms with Gasteiger partial charge < -0.3 is 15.5 Å². The Morgan fingerprint density at radius 1 is 0.938 bits per heavy atom. The van der Waals surface area contributed by atoms with E-state index in [9.17, 15) is 22.8 Å². The van der Waals surface area contributed by atoms with E-state index in [0.717, 1.165) is 36.4 Å². The lowest BCUT2D eigenvalue weighted by Crippen LogP contribution is -2.40. The first-order valence-electron chi connectivity index (χ1n) is 10.8. The van der Waals surface area contributed by atoms with Gasteiger partial charge >= 0.3 is 6.18 Å². The number of hydrogen-bond donors (Lipinski definition) is 2. The van der Waals surface area contributed by atoms with Gasteiger partial charge in [0, 0.05) is 43.4 Å². The first kappa shape index (κ1) is 22.1. The Kier molecular flexibility index (Phi) is 6.34. The average molecular weight is 446 g/mol. The van der Waals surface area contributed by atoms with Gasteiger partial charge in [-0.25, -0.2) is 4.98 Å². The molecular weight excluding hydrogens is 421 g/mol. The summed E-state index contributed by atoms with van der Waals surface area (Å²) < 4.78 is 38.1. The number of piperidine rings is 1. The Balaban J connectivity index is 1.22. The van der Waals surface area contributed by atoms with E-state index in [-0.39, 0.29) is 23.7 Å². The van der Waals surface area contributed by atoms with Gasteiger partial charge in [0.1, 0.15) is 5.82 Å². The highest BCUT2D eigenvalue weighted by Crippen LogP contribution is 2.31. The summed E-state index contributed by atoms with van der Waals surface area (Å²) in [5, 5.41) is 5.83. The van der Waals surface area contributed by atoms with Gasteiger partial charge in [-0.1, -0.05) is 12.1 Å². The van der Waals surface area contributed by atoms with Crippen LogP contribution in [0.5, 0.6) is 0 Å². The number of rotatable bonds is 6. The van der Waals surface area contributed by atoms with Gasteiger partial charge in [0.15, 0.2) is 0 Å². The van der Waals surface area contributed by atoms with E-state index in [1.54, 1.807) is 0 Å². The summed E-state index contributed by atoms with van der Waals surface area (Å²) in [5.74, 6) is 0.527. The predicted octanol–water partition coefficient (Wildman–Crippen LogP) is 3.98. The Morgan fingerprint density at radius 3 is 2.16 bits per heavy atom. The number of nitrogens with zero attached hydrogens (tertiary/aromatic N) is 2. The minimum absolute atomic E-state index is 0.0314. The molecule has 170 valence electrons. The fourth-order valence-electron chi connectivity index (χ4n) is 3.74. The third kappa shape index (κ3) is 5.57. The summed E-state index contributed by atoms with van der Waals surface area (Å²) >= 11 is 0. The molecule has 32 heavy (non-hydrogen) atoms. The second-order valence-corrected chi connectivity index (χ2v) is 8.34. The van der Waals surface area contributed by atoms with E-state index in [2.05, 4.69) is 15.6 Å². The summed E-state index contributed by atoms with van der Waals surface area (Å²) in [5.41, 5.74) is 0.921. The maximum Gasteiger partial charge on any atom is 0.417 e. The van der Waals surface area contributed by atoms with Crippen LogP contribution in [0.4, 0.5) is 24.7 Å². The van der Waals surface area contributed by atoms with Crippen LogP contribution >= 0.6 is 0 Å². The SMILES string of the molecule is O=C(NCc1ccc(NC(=O)C2CC2)cc1)C1CCN(c2ccc(C(F)(F)F)cn2)CC1. The number of carbonyl (C=O) groups excluding carboxylic acids is 2. The minimum atomic E-state index is -4.40. The third-order valence-corrected chi connectivity index (χ3v) is 5.90. The van der Waals surface area contributed by atoms with Gasteiger partial charge in [-0.3, -0.25) is 9.59 Å². The fraction of sp³-hybridized carbons (Fsp3) is 0.435. The van der Waals surface area contributed by atoms with Crippen LogP contribution in [0.3, 0.4) is 0 Å². The average Bonchev–Trinajstić information content (AvgIpc) is 3.64. The molecule has 1 aromatic carbocycles. The van der Waals surface area contributed by atoms with Crippen molar-refractivity contribution in [2.24, 2.45) is 11.8 Å². The van der Waals surface area contributed by atoms with Crippen molar-refractivity contribution in [3.63, 3.8) is 0 Å². The number of alkyl halides is 3. The maximum atomic E-state index is 12.7. The summed E-state index contributed by atoms with van der Waals surface area (Å²) in [6.07, 6.45) is -0.426. The van der Waals surface area contributed by atoms with Crippen LogP contribution in [0, 0.1) is 11.8 Å². The van der Waals surface area contributed by atoms with Gasteiger partial charge in [-0.2, -0.15) is 13.2 Å². The Bertz CT molecular complexity index is 949. The molecule has 9 heteroatoms. The van der Waals surface area contributed by atoms with Gasteiger partial charge in [0.25, 0.3) is 0 Å². The topological polar surface area (TPSA) is 74.3 Å². The summed E-state index contributed by atoms with van der Waals surface area (Å²) in [7, 11) is 0. The van der Waals surface area contributed by atoms with Crippen molar-refractivity contribution in [1.29, 1.82) is 0 Å². The number of anilines is 2.